The van der Waals surface area contributed by atoms with E-state index in [0.717, 1.165) is 11.3 Å². The number of hydrogen-bond donors (Lipinski definition) is 1. The molecule has 1 aromatic carbocycles. The highest BCUT2D eigenvalue weighted by Crippen LogP contribution is 2.12. The van der Waals surface area contributed by atoms with Gasteiger partial charge in [0.1, 0.15) is 11.5 Å². The Bertz CT molecular complexity index is 642. The van der Waals surface area contributed by atoms with Crippen LogP contribution in [-0.2, 0) is 0 Å². The first-order chi connectivity index (χ1) is 10.1. The lowest BCUT2D eigenvalue weighted by Gasteiger charge is -2.05. The monoisotopic (exact) mass is 286 g/mol. The van der Waals surface area contributed by atoms with Crippen molar-refractivity contribution >= 4 is 11.6 Å². The average molecular weight is 286 g/mol. The number of nitrogens with zero attached hydrogens (tertiary/aromatic N) is 1. The van der Waals surface area contributed by atoms with Crippen LogP contribution in [0.5, 0.6) is 5.75 Å². The molecular formula is C16H18N2O3. The maximum atomic E-state index is 11.8. The molecule has 110 valence electrons. The van der Waals surface area contributed by atoms with Gasteiger partial charge in [-0.15, -0.1) is 0 Å². The van der Waals surface area contributed by atoms with Gasteiger partial charge in [-0.3, -0.25) is 4.79 Å². The lowest BCUT2D eigenvalue weighted by molar-refractivity contribution is 0.0926. The second kappa shape index (κ2) is 6.74. The van der Waals surface area contributed by atoms with Crippen LogP contribution in [0.15, 0.2) is 45.9 Å². The molecule has 1 N–H and O–H groups in total. The molecule has 1 heterocycles. The van der Waals surface area contributed by atoms with E-state index in [9.17, 15) is 4.79 Å². The number of amides is 1. The van der Waals surface area contributed by atoms with Crippen LogP contribution in [0.3, 0.4) is 0 Å². The highest BCUT2D eigenvalue weighted by molar-refractivity contribution is 6.00. The number of hydrazone groups is 1. The lowest BCUT2D eigenvalue weighted by atomic mass is 10.1. The zero-order valence-corrected chi connectivity index (χ0v) is 12.3. The van der Waals surface area contributed by atoms with Crippen molar-refractivity contribution in [2.24, 2.45) is 5.10 Å². The van der Waals surface area contributed by atoms with Crippen molar-refractivity contribution < 1.29 is 13.9 Å². The van der Waals surface area contributed by atoms with E-state index in [-0.39, 0.29) is 11.7 Å². The van der Waals surface area contributed by atoms with Crippen molar-refractivity contribution in [2.45, 2.75) is 20.8 Å². The number of ether oxygens (including phenoxy) is 1. The lowest BCUT2D eigenvalue weighted by Crippen LogP contribution is -2.18. The van der Waals surface area contributed by atoms with Crippen LogP contribution in [0.2, 0.25) is 0 Å². The fourth-order valence-electron chi connectivity index (χ4n) is 1.77. The molecule has 2 rings (SSSR count). The molecule has 0 bridgehead atoms. The molecule has 0 saturated carbocycles. The molecule has 0 aliphatic heterocycles. The largest absolute Gasteiger partial charge is 0.494 e. The fourth-order valence-corrected chi connectivity index (χ4v) is 1.77. The van der Waals surface area contributed by atoms with Crippen molar-refractivity contribution in [3.8, 4) is 5.75 Å². The zero-order chi connectivity index (χ0) is 15.2. The van der Waals surface area contributed by atoms with E-state index < -0.39 is 0 Å². The van der Waals surface area contributed by atoms with Gasteiger partial charge in [-0.25, -0.2) is 5.43 Å². The fraction of sp³-hybridized carbons (Fsp3) is 0.250. The average Bonchev–Trinajstić information content (AvgIpc) is 2.92. The Kier molecular flexibility index (Phi) is 4.77. The molecule has 21 heavy (non-hydrogen) atoms. The van der Waals surface area contributed by atoms with Gasteiger partial charge < -0.3 is 9.15 Å². The third-order valence-electron chi connectivity index (χ3n) is 2.87. The van der Waals surface area contributed by atoms with Gasteiger partial charge in [0.05, 0.1) is 12.3 Å². The van der Waals surface area contributed by atoms with Crippen LogP contribution in [0.4, 0.5) is 0 Å². The number of hydrogen-bond acceptors (Lipinski definition) is 4. The molecule has 0 fully saturated rings. The van der Waals surface area contributed by atoms with E-state index in [4.69, 9.17) is 9.15 Å². The summed E-state index contributed by atoms with van der Waals surface area (Å²) in [6, 6.07) is 10.9. The highest BCUT2D eigenvalue weighted by atomic mass is 16.5. The second-order valence-electron chi connectivity index (χ2n) is 4.51. The van der Waals surface area contributed by atoms with Gasteiger partial charge in [-0.1, -0.05) is 0 Å². The van der Waals surface area contributed by atoms with E-state index in [1.807, 2.05) is 38.1 Å². The number of benzene rings is 1. The quantitative estimate of drug-likeness (QED) is 0.678. The Hall–Kier alpha value is -2.56. The van der Waals surface area contributed by atoms with Crippen molar-refractivity contribution in [3.63, 3.8) is 0 Å². The number of carbonyl (C=O) groups excluding carboxylic acids is 1. The number of furan rings is 1. The van der Waals surface area contributed by atoms with Gasteiger partial charge >= 0.3 is 5.91 Å². The number of aryl methyl sites for hydroxylation is 1. The van der Waals surface area contributed by atoms with Gasteiger partial charge in [0, 0.05) is 0 Å². The smallest absolute Gasteiger partial charge is 0.307 e. The van der Waals surface area contributed by atoms with Crippen LogP contribution >= 0.6 is 0 Å². The van der Waals surface area contributed by atoms with E-state index in [2.05, 4.69) is 10.5 Å². The summed E-state index contributed by atoms with van der Waals surface area (Å²) in [6.45, 7) is 6.17. The SMILES string of the molecule is CCOc1ccc(/C(C)=N\NC(=O)c2ccc(C)o2)cc1. The van der Waals surface area contributed by atoms with Crippen LogP contribution in [0, 0.1) is 6.92 Å². The molecule has 2 aromatic rings. The Balaban J connectivity index is 2.01. The molecule has 5 nitrogen and oxygen atoms in total. The minimum absolute atomic E-state index is 0.246. The van der Waals surface area contributed by atoms with Crippen LogP contribution in [-0.4, -0.2) is 18.2 Å². The standard InChI is InChI=1S/C16H18N2O3/c1-4-20-14-8-6-13(7-9-14)12(3)17-18-16(19)15-10-5-11(2)21-15/h5-10H,4H2,1-3H3,(H,18,19)/b17-12-. The first kappa shape index (κ1) is 14.8. The summed E-state index contributed by atoms with van der Waals surface area (Å²) in [5.74, 6) is 1.38. The first-order valence-corrected chi connectivity index (χ1v) is 6.74. The van der Waals surface area contributed by atoms with Crippen molar-refractivity contribution in [1.29, 1.82) is 0 Å². The molecule has 0 unspecified atom stereocenters. The third-order valence-corrected chi connectivity index (χ3v) is 2.87. The van der Waals surface area contributed by atoms with E-state index in [1.54, 1.807) is 19.1 Å². The van der Waals surface area contributed by atoms with Gasteiger partial charge in [-0.05, 0) is 62.7 Å². The maximum absolute atomic E-state index is 11.8. The Morgan fingerprint density at radius 3 is 2.52 bits per heavy atom. The molecular weight excluding hydrogens is 268 g/mol. The molecule has 0 spiro atoms. The molecule has 5 heteroatoms. The zero-order valence-electron chi connectivity index (χ0n) is 12.3. The summed E-state index contributed by atoms with van der Waals surface area (Å²) in [5.41, 5.74) is 4.09. The number of rotatable bonds is 5. The molecule has 0 radical (unpaired) electrons. The highest BCUT2D eigenvalue weighted by Gasteiger charge is 2.09. The molecule has 0 aliphatic carbocycles. The topological polar surface area (TPSA) is 63.8 Å². The van der Waals surface area contributed by atoms with Gasteiger partial charge in [0.2, 0.25) is 0 Å². The summed E-state index contributed by atoms with van der Waals surface area (Å²) >= 11 is 0. The van der Waals surface area contributed by atoms with E-state index >= 15 is 0 Å². The number of carbonyl (C=O) groups is 1. The Morgan fingerprint density at radius 1 is 1.24 bits per heavy atom. The molecule has 0 saturated heterocycles. The summed E-state index contributed by atoms with van der Waals surface area (Å²) in [7, 11) is 0. The Morgan fingerprint density at radius 2 is 1.95 bits per heavy atom. The van der Waals surface area contributed by atoms with Crippen LogP contribution in [0.1, 0.15) is 35.7 Å². The Labute approximate surface area is 123 Å². The summed E-state index contributed by atoms with van der Waals surface area (Å²) in [6.07, 6.45) is 0. The van der Waals surface area contributed by atoms with Crippen LogP contribution < -0.4 is 10.2 Å². The second-order valence-corrected chi connectivity index (χ2v) is 4.51. The van der Waals surface area contributed by atoms with Crippen LogP contribution in [0.25, 0.3) is 0 Å². The summed E-state index contributed by atoms with van der Waals surface area (Å²) < 4.78 is 10.6. The molecule has 0 atom stereocenters. The molecule has 1 amide bonds. The van der Waals surface area contributed by atoms with Crippen molar-refractivity contribution in [2.75, 3.05) is 6.61 Å². The van der Waals surface area contributed by atoms with Gasteiger partial charge in [-0.2, -0.15) is 5.10 Å². The van der Waals surface area contributed by atoms with Gasteiger partial charge in [0.15, 0.2) is 5.76 Å². The minimum Gasteiger partial charge on any atom is -0.494 e. The predicted molar refractivity (Wildman–Crippen MR) is 80.7 cm³/mol. The van der Waals surface area contributed by atoms with E-state index in [1.165, 1.54) is 0 Å². The summed E-state index contributed by atoms with van der Waals surface area (Å²) in [5, 5.41) is 4.07. The van der Waals surface area contributed by atoms with Crippen molar-refractivity contribution in [1.82, 2.24) is 5.43 Å². The third kappa shape index (κ3) is 3.95. The number of nitrogens with one attached hydrogen (secondary N) is 1. The van der Waals surface area contributed by atoms with Crippen molar-refractivity contribution in [3.05, 3.63) is 53.5 Å². The van der Waals surface area contributed by atoms with Gasteiger partial charge in [0.25, 0.3) is 0 Å². The molecule has 1 aromatic heterocycles. The normalized spacial score (nSPS) is 11.3. The maximum Gasteiger partial charge on any atom is 0.307 e. The predicted octanol–water partition coefficient (Wildman–Crippen LogP) is 3.14. The summed E-state index contributed by atoms with van der Waals surface area (Å²) in [4.78, 5) is 11.8. The van der Waals surface area contributed by atoms with E-state index in [0.29, 0.717) is 18.1 Å². The first-order valence-electron chi connectivity index (χ1n) is 6.74. The minimum atomic E-state index is -0.367. The molecule has 0 aliphatic rings.